The van der Waals surface area contributed by atoms with Crippen molar-refractivity contribution in [3.05, 3.63) is 0 Å². The molecular weight excluding hydrogens is 154 g/mol. The summed E-state index contributed by atoms with van der Waals surface area (Å²) in [7, 11) is 0. The predicted molar refractivity (Wildman–Crippen MR) is 47.0 cm³/mol. The van der Waals surface area contributed by atoms with E-state index in [1.807, 2.05) is 0 Å². The van der Waals surface area contributed by atoms with Crippen molar-refractivity contribution < 1.29 is 9.90 Å². The number of aliphatic carboxylic acids is 1. The fourth-order valence-electron chi connectivity index (χ4n) is 1.22. The van der Waals surface area contributed by atoms with Crippen LogP contribution in [0.25, 0.3) is 0 Å². The highest BCUT2D eigenvalue weighted by Gasteiger charge is 2.29. The van der Waals surface area contributed by atoms with Crippen molar-refractivity contribution in [2.45, 2.75) is 26.7 Å². The van der Waals surface area contributed by atoms with Crippen LogP contribution in [0.15, 0.2) is 0 Å². The van der Waals surface area contributed by atoms with Gasteiger partial charge in [0.25, 0.3) is 0 Å². The Labute approximate surface area is 73.2 Å². The van der Waals surface area contributed by atoms with Gasteiger partial charge in [-0.1, -0.05) is 0 Å². The monoisotopic (exact) mass is 171 g/mol. The highest BCUT2D eigenvalue weighted by atomic mass is 16.4. The Morgan fingerprint density at radius 1 is 1.58 bits per heavy atom. The molecule has 0 unspecified atom stereocenters. The van der Waals surface area contributed by atoms with Gasteiger partial charge in [0.05, 0.1) is 5.41 Å². The smallest absolute Gasteiger partial charge is 0.309 e. The Morgan fingerprint density at radius 2 is 2.17 bits per heavy atom. The van der Waals surface area contributed by atoms with Crippen LogP contribution in [0, 0.1) is 11.3 Å². The van der Waals surface area contributed by atoms with Gasteiger partial charge in [-0.05, 0) is 45.7 Å². The first-order valence-electron chi connectivity index (χ1n) is 4.46. The lowest BCUT2D eigenvalue weighted by molar-refractivity contribution is -0.147. The highest BCUT2D eigenvalue weighted by Crippen LogP contribution is 2.26. The van der Waals surface area contributed by atoms with Gasteiger partial charge < -0.3 is 10.4 Å². The third kappa shape index (κ3) is 2.21. The molecule has 1 fully saturated rings. The zero-order valence-corrected chi connectivity index (χ0v) is 7.76. The van der Waals surface area contributed by atoms with Crippen molar-refractivity contribution in [2.24, 2.45) is 11.3 Å². The summed E-state index contributed by atoms with van der Waals surface area (Å²) in [6.45, 7) is 5.72. The van der Waals surface area contributed by atoms with Crippen molar-refractivity contribution >= 4 is 5.97 Å². The van der Waals surface area contributed by atoms with Gasteiger partial charge in [0, 0.05) is 0 Å². The Balaban J connectivity index is 2.24. The Hall–Kier alpha value is -0.570. The van der Waals surface area contributed by atoms with E-state index in [1.165, 1.54) is 0 Å². The summed E-state index contributed by atoms with van der Waals surface area (Å²) >= 11 is 0. The quantitative estimate of drug-likeness (QED) is 0.666. The zero-order valence-electron chi connectivity index (χ0n) is 7.76. The molecule has 1 heterocycles. The number of hydrogen-bond acceptors (Lipinski definition) is 2. The summed E-state index contributed by atoms with van der Waals surface area (Å²) in [4.78, 5) is 10.7. The zero-order chi connectivity index (χ0) is 9.19. The second kappa shape index (κ2) is 3.44. The minimum Gasteiger partial charge on any atom is -0.481 e. The van der Waals surface area contributed by atoms with E-state index >= 15 is 0 Å². The van der Waals surface area contributed by atoms with E-state index in [2.05, 4.69) is 5.32 Å². The molecule has 2 N–H and O–H groups in total. The Kier molecular flexibility index (Phi) is 2.73. The molecule has 0 aromatic carbocycles. The molecule has 1 saturated heterocycles. The Bertz CT molecular complexity index is 173. The van der Waals surface area contributed by atoms with Gasteiger partial charge in [0.1, 0.15) is 0 Å². The normalized spacial score (nSPS) is 18.8. The van der Waals surface area contributed by atoms with Crippen molar-refractivity contribution in [3.63, 3.8) is 0 Å². The standard InChI is InChI=1S/C9H17NO2/c1-9(2,8(11)12)4-3-7-5-10-6-7/h7,10H,3-6H2,1-2H3,(H,11,12). The maximum atomic E-state index is 10.7. The van der Waals surface area contributed by atoms with Crippen LogP contribution in [0.5, 0.6) is 0 Å². The topological polar surface area (TPSA) is 49.3 Å². The highest BCUT2D eigenvalue weighted by molar-refractivity contribution is 5.73. The predicted octanol–water partition coefficient (Wildman–Crippen LogP) is 1.10. The molecule has 0 spiro atoms. The summed E-state index contributed by atoms with van der Waals surface area (Å²) in [5, 5.41) is 12.0. The molecule has 0 atom stereocenters. The minimum atomic E-state index is -0.685. The van der Waals surface area contributed by atoms with Gasteiger partial charge in [-0.25, -0.2) is 0 Å². The summed E-state index contributed by atoms with van der Waals surface area (Å²) in [5.74, 6) is 0.0263. The maximum Gasteiger partial charge on any atom is 0.309 e. The van der Waals surface area contributed by atoms with E-state index in [9.17, 15) is 4.79 Å². The maximum absolute atomic E-state index is 10.7. The lowest BCUT2D eigenvalue weighted by atomic mass is 9.83. The van der Waals surface area contributed by atoms with Crippen LogP contribution >= 0.6 is 0 Å². The van der Waals surface area contributed by atoms with Crippen molar-refractivity contribution in [1.29, 1.82) is 0 Å². The molecule has 0 aliphatic carbocycles. The molecule has 70 valence electrons. The molecule has 0 radical (unpaired) electrons. The van der Waals surface area contributed by atoms with E-state index in [1.54, 1.807) is 13.8 Å². The van der Waals surface area contributed by atoms with E-state index in [0.717, 1.165) is 25.9 Å². The molecule has 0 bridgehead atoms. The van der Waals surface area contributed by atoms with Crippen molar-refractivity contribution in [3.8, 4) is 0 Å². The van der Waals surface area contributed by atoms with Gasteiger partial charge in [-0.3, -0.25) is 4.79 Å². The molecular formula is C9H17NO2. The molecule has 0 saturated carbocycles. The van der Waals surface area contributed by atoms with Crippen molar-refractivity contribution in [2.75, 3.05) is 13.1 Å². The van der Waals surface area contributed by atoms with Crippen LogP contribution < -0.4 is 5.32 Å². The van der Waals surface area contributed by atoms with Gasteiger partial charge in [-0.2, -0.15) is 0 Å². The summed E-state index contributed by atoms with van der Waals surface area (Å²) in [6.07, 6.45) is 1.82. The Morgan fingerprint density at radius 3 is 2.50 bits per heavy atom. The van der Waals surface area contributed by atoms with E-state index < -0.39 is 11.4 Å². The molecule has 12 heavy (non-hydrogen) atoms. The molecule has 3 heteroatoms. The summed E-state index contributed by atoms with van der Waals surface area (Å²) < 4.78 is 0. The van der Waals surface area contributed by atoms with Crippen LogP contribution in [0.1, 0.15) is 26.7 Å². The molecule has 0 amide bonds. The van der Waals surface area contributed by atoms with Crippen LogP contribution in [0.3, 0.4) is 0 Å². The average Bonchev–Trinajstić information content (AvgIpc) is 1.83. The second-order valence-corrected chi connectivity index (χ2v) is 4.25. The van der Waals surface area contributed by atoms with Crippen LogP contribution in [0.4, 0.5) is 0 Å². The fraction of sp³-hybridized carbons (Fsp3) is 0.889. The molecule has 0 aromatic heterocycles. The van der Waals surface area contributed by atoms with Crippen LogP contribution in [-0.2, 0) is 4.79 Å². The molecule has 1 aliphatic heterocycles. The number of nitrogens with one attached hydrogen (secondary N) is 1. The first-order valence-corrected chi connectivity index (χ1v) is 4.46. The van der Waals surface area contributed by atoms with Crippen LogP contribution in [0.2, 0.25) is 0 Å². The molecule has 0 aromatic rings. The number of rotatable bonds is 4. The molecule has 1 rings (SSSR count). The first-order chi connectivity index (χ1) is 5.52. The van der Waals surface area contributed by atoms with Crippen LogP contribution in [-0.4, -0.2) is 24.2 Å². The second-order valence-electron chi connectivity index (χ2n) is 4.25. The lowest BCUT2D eigenvalue weighted by Crippen LogP contribution is -2.42. The summed E-state index contributed by atoms with van der Waals surface area (Å²) in [6, 6.07) is 0. The van der Waals surface area contributed by atoms with E-state index in [-0.39, 0.29) is 0 Å². The van der Waals surface area contributed by atoms with Gasteiger partial charge in [-0.15, -0.1) is 0 Å². The SMILES string of the molecule is CC(C)(CCC1CNC1)C(=O)O. The van der Waals surface area contributed by atoms with Crippen molar-refractivity contribution in [1.82, 2.24) is 5.32 Å². The fourth-order valence-corrected chi connectivity index (χ4v) is 1.22. The molecule has 1 aliphatic rings. The van der Waals surface area contributed by atoms with E-state index in [0.29, 0.717) is 5.92 Å². The average molecular weight is 171 g/mol. The number of carboxylic acids is 1. The molecule has 3 nitrogen and oxygen atoms in total. The number of carboxylic acid groups (broad SMARTS) is 1. The number of hydrogen-bond donors (Lipinski definition) is 2. The lowest BCUT2D eigenvalue weighted by Gasteiger charge is -2.29. The number of carbonyl (C=O) groups is 1. The van der Waals surface area contributed by atoms with Gasteiger partial charge >= 0.3 is 5.97 Å². The van der Waals surface area contributed by atoms with E-state index in [4.69, 9.17) is 5.11 Å². The largest absolute Gasteiger partial charge is 0.481 e. The van der Waals surface area contributed by atoms with Gasteiger partial charge in [0.15, 0.2) is 0 Å². The first kappa shape index (κ1) is 9.52. The third-order valence-electron chi connectivity index (χ3n) is 2.62. The van der Waals surface area contributed by atoms with Gasteiger partial charge in [0.2, 0.25) is 0 Å². The third-order valence-corrected chi connectivity index (χ3v) is 2.62. The summed E-state index contributed by atoms with van der Waals surface area (Å²) in [5.41, 5.74) is -0.546. The minimum absolute atomic E-state index is 0.546.